The van der Waals surface area contributed by atoms with Gasteiger partial charge in [-0.1, -0.05) is 19.1 Å². The van der Waals surface area contributed by atoms with Crippen LogP contribution in [0.25, 0.3) is 11.8 Å². The lowest BCUT2D eigenvalue weighted by Gasteiger charge is -2.10. The summed E-state index contributed by atoms with van der Waals surface area (Å²) in [7, 11) is 0. The zero-order chi connectivity index (χ0) is 16.6. The van der Waals surface area contributed by atoms with Crippen LogP contribution in [0.5, 0.6) is 0 Å². The summed E-state index contributed by atoms with van der Waals surface area (Å²) in [5, 5.41) is 1.97. The molecule has 0 bridgehead atoms. The molecule has 1 aromatic heterocycles. The van der Waals surface area contributed by atoms with Crippen molar-refractivity contribution in [1.29, 1.82) is 0 Å². The average Bonchev–Trinajstić information content (AvgIpc) is 2.99. The van der Waals surface area contributed by atoms with Crippen LogP contribution in [0.15, 0.2) is 35.2 Å². The Morgan fingerprint density at radius 1 is 1.17 bits per heavy atom. The molecule has 23 heavy (non-hydrogen) atoms. The quantitative estimate of drug-likeness (QED) is 0.868. The van der Waals surface area contributed by atoms with Crippen LogP contribution in [0.2, 0.25) is 0 Å². The first-order valence-electron chi connectivity index (χ1n) is 7.52. The Morgan fingerprint density at radius 2 is 1.87 bits per heavy atom. The van der Waals surface area contributed by atoms with Crippen molar-refractivity contribution in [2.24, 2.45) is 0 Å². The van der Waals surface area contributed by atoms with E-state index < -0.39 is 0 Å². The lowest BCUT2D eigenvalue weighted by Crippen LogP contribution is -2.17. The van der Waals surface area contributed by atoms with Gasteiger partial charge in [0, 0.05) is 17.1 Å². The number of benzene rings is 1. The highest BCUT2D eigenvalue weighted by Crippen LogP contribution is 2.29. The van der Waals surface area contributed by atoms with Gasteiger partial charge >= 0.3 is 0 Å². The van der Waals surface area contributed by atoms with Gasteiger partial charge in [0.25, 0.3) is 11.1 Å². The first-order chi connectivity index (χ1) is 11.0. The molecule has 1 aliphatic rings. The molecule has 1 saturated heterocycles. The summed E-state index contributed by atoms with van der Waals surface area (Å²) >= 11 is 0.945. The number of hydrogen-bond donors (Lipinski definition) is 1. The van der Waals surface area contributed by atoms with E-state index in [1.807, 2.05) is 19.9 Å². The van der Waals surface area contributed by atoms with E-state index in [9.17, 15) is 9.59 Å². The standard InChI is InChI=1S/C18H18N2O2S/c1-4-13-5-7-15(8-6-13)20-11(2)9-14(12(20)3)10-16-17(21)19-18(22)23-16/h5-10H,4H2,1-3H3,(H,19,21,22)/b16-10-. The lowest BCUT2D eigenvalue weighted by molar-refractivity contribution is -0.115. The molecule has 2 amide bonds. The highest BCUT2D eigenvalue weighted by molar-refractivity contribution is 8.18. The SMILES string of the molecule is CCc1ccc(-n2c(C)cc(/C=C3\SC(=O)NC3=O)c2C)cc1. The van der Waals surface area contributed by atoms with Crippen LogP contribution in [0.4, 0.5) is 4.79 Å². The number of nitrogens with zero attached hydrogens (tertiary/aromatic N) is 1. The molecule has 3 rings (SSSR count). The molecular formula is C18H18N2O2S. The van der Waals surface area contributed by atoms with Crippen molar-refractivity contribution >= 4 is 29.0 Å². The third kappa shape index (κ3) is 2.97. The van der Waals surface area contributed by atoms with Crippen LogP contribution in [0, 0.1) is 13.8 Å². The van der Waals surface area contributed by atoms with Gasteiger partial charge in [-0.25, -0.2) is 0 Å². The number of aromatic nitrogens is 1. The van der Waals surface area contributed by atoms with Crippen LogP contribution in [-0.4, -0.2) is 15.7 Å². The van der Waals surface area contributed by atoms with E-state index in [0.717, 1.165) is 40.8 Å². The van der Waals surface area contributed by atoms with Gasteiger partial charge in [0.2, 0.25) is 0 Å². The highest BCUT2D eigenvalue weighted by Gasteiger charge is 2.25. The zero-order valence-electron chi connectivity index (χ0n) is 13.3. The second kappa shape index (κ2) is 6.08. The number of carbonyl (C=O) groups is 2. The van der Waals surface area contributed by atoms with Gasteiger partial charge < -0.3 is 4.57 Å². The van der Waals surface area contributed by atoms with Crippen molar-refractivity contribution < 1.29 is 9.59 Å². The summed E-state index contributed by atoms with van der Waals surface area (Å²) in [6.07, 6.45) is 2.80. The third-order valence-electron chi connectivity index (χ3n) is 4.00. The molecule has 4 nitrogen and oxygen atoms in total. The monoisotopic (exact) mass is 326 g/mol. The molecule has 1 N–H and O–H groups in total. The molecule has 1 aliphatic heterocycles. The fourth-order valence-corrected chi connectivity index (χ4v) is 3.45. The second-order valence-corrected chi connectivity index (χ2v) is 6.55. The van der Waals surface area contributed by atoms with Gasteiger partial charge in [-0.3, -0.25) is 14.9 Å². The summed E-state index contributed by atoms with van der Waals surface area (Å²) in [6.45, 7) is 6.19. The average molecular weight is 326 g/mol. The molecule has 118 valence electrons. The Balaban J connectivity index is 2.01. The first kappa shape index (κ1) is 15.6. The topological polar surface area (TPSA) is 51.1 Å². The maximum Gasteiger partial charge on any atom is 0.290 e. The van der Waals surface area contributed by atoms with Crippen LogP contribution in [0.1, 0.15) is 29.4 Å². The third-order valence-corrected chi connectivity index (χ3v) is 4.81. The van der Waals surface area contributed by atoms with E-state index in [2.05, 4.69) is 41.1 Å². The summed E-state index contributed by atoms with van der Waals surface area (Å²) in [5.41, 5.74) is 5.49. The van der Waals surface area contributed by atoms with Gasteiger partial charge in [0.15, 0.2) is 0 Å². The van der Waals surface area contributed by atoms with Crippen molar-refractivity contribution in [3.05, 3.63) is 57.8 Å². The molecule has 1 fully saturated rings. The van der Waals surface area contributed by atoms with E-state index in [0.29, 0.717) is 4.91 Å². The molecule has 5 heteroatoms. The number of nitrogens with one attached hydrogen (secondary N) is 1. The normalized spacial score (nSPS) is 16.2. The number of imide groups is 1. The molecule has 0 radical (unpaired) electrons. The van der Waals surface area contributed by atoms with Crippen molar-refractivity contribution in [1.82, 2.24) is 9.88 Å². The molecule has 2 aromatic rings. The van der Waals surface area contributed by atoms with E-state index in [1.54, 1.807) is 6.08 Å². The molecule has 1 aromatic carbocycles. The summed E-state index contributed by atoms with van der Waals surface area (Å²) in [6, 6.07) is 10.5. The Kier molecular flexibility index (Phi) is 4.13. The zero-order valence-corrected chi connectivity index (χ0v) is 14.2. The van der Waals surface area contributed by atoms with Crippen molar-refractivity contribution in [3.8, 4) is 5.69 Å². The maximum absolute atomic E-state index is 11.7. The summed E-state index contributed by atoms with van der Waals surface area (Å²) < 4.78 is 2.16. The Hall–Kier alpha value is -2.27. The highest BCUT2D eigenvalue weighted by atomic mass is 32.2. The minimum Gasteiger partial charge on any atom is -0.318 e. The summed E-state index contributed by atoms with van der Waals surface area (Å²) in [4.78, 5) is 23.4. The Bertz CT molecular complexity index is 816. The van der Waals surface area contributed by atoms with E-state index >= 15 is 0 Å². The lowest BCUT2D eigenvalue weighted by atomic mass is 10.1. The molecule has 0 saturated carbocycles. The first-order valence-corrected chi connectivity index (χ1v) is 8.34. The number of hydrogen-bond acceptors (Lipinski definition) is 3. The predicted octanol–water partition coefficient (Wildman–Crippen LogP) is 3.98. The molecule has 0 atom stereocenters. The van der Waals surface area contributed by atoms with Gasteiger partial charge in [-0.15, -0.1) is 0 Å². The fraction of sp³-hybridized carbons (Fsp3) is 0.222. The van der Waals surface area contributed by atoms with Gasteiger partial charge in [-0.05, 0) is 67.4 Å². The number of thioether (sulfide) groups is 1. The molecular weight excluding hydrogens is 308 g/mol. The minimum absolute atomic E-state index is 0.315. The van der Waals surface area contributed by atoms with Crippen molar-refractivity contribution in [3.63, 3.8) is 0 Å². The summed E-state index contributed by atoms with van der Waals surface area (Å²) in [5.74, 6) is -0.322. The predicted molar refractivity (Wildman–Crippen MR) is 93.7 cm³/mol. The molecule has 0 spiro atoms. The number of amides is 2. The van der Waals surface area contributed by atoms with Gasteiger partial charge in [0.05, 0.1) is 4.91 Å². The van der Waals surface area contributed by atoms with Gasteiger partial charge in [0.1, 0.15) is 0 Å². The van der Waals surface area contributed by atoms with E-state index in [4.69, 9.17) is 0 Å². The van der Waals surface area contributed by atoms with Crippen LogP contribution in [-0.2, 0) is 11.2 Å². The maximum atomic E-state index is 11.7. The van der Waals surface area contributed by atoms with Crippen LogP contribution in [0.3, 0.4) is 0 Å². The van der Waals surface area contributed by atoms with E-state index in [-0.39, 0.29) is 11.1 Å². The molecule has 0 unspecified atom stereocenters. The number of carbonyl (C=O) groups excluding carboxylic acids is 2. The van der Waals surface area contributed by atoms with Gasteiger partial charge in [-0.2, -0.15) is 0 Å². The van der Waals surface area contributed by atoms with Crippen LogP contribution >= 0.6 is 11.8 Å². The number of rotatable bonds is 3. The molecule has 2 heterocycles. The Morgan fingerprint density at radius 3 is 2.43 bits per heavy atom. The minimum atomic E-state index is -0.322. The second-order valence-electron chi connectivity index (χ2n) is 5.53. The van der Waals surface area contributed by atoms with Crippen molar-refractivity contribution in [2.45, 2.75) is 27.2 Å². The van der Waals surface area contributed by atoms with Crippen LogP contribution < -0.4 is 5.32 Å². The largest absolute Gasteiger partial charge is 0.318 e. The molecule has 0 aliphatic carbocycles. The fourth-order valence-electron chi connectivity index (χ4n) is 2.77. The smallest absolute Gasteiger partial charge is 0.290 e. The van der Waals surface area contributed by atoms with Crippen molar-refractivity contribution in [2.75, 3.05) is 0 Å². The number of aryl methyl sites for hydroxylation is 2. The van der Waals surface area contributed by atoms with E-state index in [1.165, 1.54) is 5.56 Å². The Labute approximate surface area is 139 Å².